The van der Waals surface area contributed by atoms with E-state index >= 15 is 0 Å². The van der Waals surface area contributed by atoms with Gasteiger partial charge in [-0.1, -0.05) is 38.1 Å². The van der Waals surface area contributed by atoms with Crippen LogP contribution in [0.25, 0.3) is 0 Å². The molecule has 0 spiro atoms. The molecule has 6 nitrogen and oxygen atoms in total. The minimum Gasteiger partial charge on any atom is -0.337 e. The van der Waals surface area contributed by atoms with Gasteiger partial charge in [-0.3, -0.25) is 0 Å². The van der Waals surface area contributed by atoms with E-state index in [1.165, 1.54) is 4.31 Å². The summed E-state index contributed by atoms with van der Waals surface area (Å²) in [5.74, 6) is -0.0847. The molecule has 23 heavy (non-hydrogen) atoms. The SMILES string of the molecule is CCN(CC)S(=O)(=O)CCNC(=O)N(C)Cc1ccccc1C. The fourth-order valence-electron chi connectivity index (χ4n) is 2.28. The molecule has 7 heteroatoms. The molecular formula is C16H27N3O3S. The van der Waals surface area contributed by atoms with Crippen LogP contribution in [0.15, 0.2) is 24.3 Å². The summed E-state index contributed by atoms with van der Waals surface area (Å²) in [6.07, 6.45) is 0. The fourth-order valence-corrected chi connectivity index (χ4v) is 3.69. The third kappa shape index (κ3) is 5.84. The van der Waals surface area contributed by atoms with Crippen LogP contribution in [0.5, 0.6) is 0 Å². The molecule has 2 amide bonds. The Morgan fingerprint density at radius 1 is 1.17 bits per heavy atom. The van der Waals surface area contributed by atoms with Crippen LogP contribution in [0.2, 0.25) is 0 Å². The Kier molecular flexibility index (Phi) is 7.51. The number of aryl methyl sites for hydroxylation is 1. The molecule has 0 heterocycles. The molecule has 0 radical (unpaired) electrons. The second-order valence-electron chi connectivity index (χ2n) is 5.41. The number of nitrogens with zero attached hydrogens (tertiary/aromatic N) is 2. The Balaban J connectivity index is 2.49. The average Bonchev–Trinajstić information content (AvgIpc) is 2.50. The summed E-state index contributed by atoms with van der Waals surface area (Å²) in [5, 5.41) is 2.66. The van der Waals surface area contributed by atoms with E-state index < -0.39 is 10.0 Å². The van der Waals surface area contributed by atoms with Crippen molar-refractivity contribution in [3.63, 3.8) is 0 Å². The molecule has 0 aliphatic carbocycles. The van der Waals surface area contributed by atoms with Crippen LogP contribution in [-0.2, 0) is 16.6 Å². The molecule has 0 aromatic heterocycles. The Labute approximate surface area is 139 Å². The van der Waals surface area contributed by atoms with Crippen LogP contribution in [-0.4, -0.2) is 56.1 Å². The van der Waals surface area contributed by atoms with Crippen molar-refractivity contribution < 1.29 is 13.2 Å². The Morgan fingerprint density at radius 3 is 2.35 bits per heavy atom. The Hall–Kier alpha value is -1.60. The number of hydrogen-bond acceptors (Lipinski definition) is 3. The molecule has 0 unspecified atom stereocenters. The summed E-state index contributed by atoms with van der Waals surface area (Å²) in [5.41, 5.74) is 2.19. The van der Waals surface area contributed by atoms with Crippen molar-refractivity contribution in [2.45, 2.75) is 27.3 Å². The van der Waals surface area contributed by atoms with Gasteiger partial charge in [0.15, 0.2) is 0 Å². The van der Waals surface area contributed by atoms with E-state index in [4.69, 9.17) is 0 Å². The normalized spacial score (nSPS) is 11.5. The Bertz CT molecular complexity index is 613. The van der Waals surface area contributed by atoms with Gasteiger partial charge >= 0.3 is 6.03 Å². The summed E-state index contributed by atoms with van der Waals surface area (Å²) in [6.45, 7) is 7.08. The van der Waals surface area contributed by atoms with Gasteiger partial charge in [0.2, 0.25) is 10.0 Å². The van der Waals surface area contributed by atoms with Gasteiger partial charge in [-0.15, -0.1) is 0 Å². The topological polar surface area (TPSA) is 69.7 Å². The fraction of sp³-hybridized carbons (Fsp3) is 0.562. The van der Waals surface area contributed by atoms with Crippen molar-refractivity contribution >= 4 is 16.1 Å². The number of sulfonamides is 1. The van der Waals surface area contributed by atoms with Gasteiger partial charge in [0.25, 0.3) is 0 Å². The lowest BCUT2D eigenvalue weighted by molar-refractivity contribution is 0.207. The van der Waals surface area contributed by atoms with E-state index in [1.54, 1.807) is 25.8 Å². The zero-order valence-corrected chi connectivity index (χ0v) is 15.2. The highest BCUT2D eigenvalue weighted by Crippen LogP contribution is 2.09. The number of rotatable bonds is 8. The van der Waals surface area contributed by atoms with Crippen LogP contribution in [0.1, 0.15) is 25.0 Å². The minimum atomic E-state index is -3.31. The lowest BCUT2D eigenvalue weighted by atomic mass is 10.1. The molecule has 1 aromatic carbocycles. The first kappa shape index (κ1) is 19.4. The number of benzene rings is 1. The maximum absolute atomic E-state index is 12.1. The molecule has 0 atom stereocenters. The maximum atomic E-state index is 12.1. The molecule has 0 saturated heterocycles. The first-order valence-corrected chi connectivity index (χ1v) is 9.44. The third-order valence-corrected chi connectivity index (χ3v) is 5.77. The van der Waals surface area contributed by atoms with Crippen LogP contribution in [0.4, 0.5) is 4.79 Å². The highest BCUT2D eigenvalue weighted by molar-refractivity contribution is 7.89. The van der Waals surface area contributed by atoms with Gasteiger partial charge in [-0.2, -0.15) is 0 Å². The zero-order chi connectivity index (χ0) is 17.5. The van der Waals surface area contributed by atoms with Crippen LogP contribution in [0, 0.1) is 6.92 Å². The number of hydrogen-bond donors (Lipinski definition) is 1. The van der Waals surface area contributed by atoms with E-state index in [2.05, 4.69) is 5.32 Å². The molecule has 1 N–H and O–H groups in total. The minimum absolute atomic E-state index is 0.0847. The predicted octanol–water partition coefficient (Wildman–Crippen LogP) is 1.81. The van der Waals surface area contributed by atoms with Crippen LogP contribution < -0.4 is 5.32 Å². The summed E-state index contributed by atoms with van der Waals surface area (Å²) in [7, 11) is -1.61. The van der Waals surface area contributed by atoms with Crippen LogP contribution >= 0.6 is 0 Å². The van der Waals surface area contributed by atoms with Gasteiger partial charge < -0.3 is 10.2 Å². The van der Waals surface area contributed by atoms with E-state index in [-0.39, 0.29) is 18.3 Å². The molecule has 0 bridgehead atoms. The van der Waals surface area contributed by atoms with Crippen LogP contribution in [0.3, 0.4) is 0 Å². The highest BCUT2D eigenvalue weighted by Gasteiger charge is 2.19. The molecule has 0 aliphatic heterocycles. The second kappa shape index (κ2) is 8.88. The van der Waals surface area contributed by atoms with Crippen molar-refractivity contribution in [2.24, 2.45) is 0 Å². The number of carbonyl (C=O) groups is 1. The van der Waals surface area contributed by atoms with Gasteiger partial charge in [0.1, 0.15) is 0 Å². The molecule has 0 saturated carbocycles. The lowest BCUT2D eigenvalue weighted by Crippen LogP contribution is -2.41. The summed E-state index contributed by atoms with van der Waals surface area (Å²) < 4.78 is 25.5. The van der Waals surface area contributed by atoms with E-state index in [1.807, 2.05) is 31.2 Å². The maximum Gasteiger partial charge on any atom is 0.317 e. The molecule has 0 fully saturated rings. The highest BCUT2D eigenvalue weighted by atomic mass is 32.2. The standard InChI is InChI=1S/C16H27N3O3S/c1-5-19(6-2)23(21,22)12-11-17-16(20)18(4)13-15-10-8-7-9-14(15)3/h7-10H,5-6,11-13H2,1-4H3,(H,17,20). The third-order valence-electron chi connectivity index (χ3n) is 3.75. The van der Waals surface area contributed by atoms with Crippen molar-refractivity contribution in [3.05, 3.63) is 35.4 Å². The van der Waals surface area contributed by atoms with Gasteiger partial charge in [0.05, 0.1) is 5.75 Å². The zero-order valence-electron chi connectivity index (χ0n) is 14.4. The molecule has 0 aliphatic rings. The number of urea groups is 1. The monoisotopic (exact) mass is 341 g/mol. The van der Waals surface area contributed by atoms with Crippen molar-refractivity contribution in [1.29, 1.82) is 0 Å². The number of nitrogens with one attached hydrogen (secondary N) is 1. The van der Waals surface area contributed by atoms with Gasteiger partial charge in [-0.05, 0) is 18.1 Å². The molecular weight excluding hydrogens is 314 g/mol. The molecule has 1 rings (SSSR count). The summed E-state index contributed by atoms with van der Waals surface area (Å²) >= 11 is 0. The number of amides is 2. The van der Waals surface area contributed by atoms with Gasteiger partial charge in [-0.25, -0.2) is 17.5 Å². The quantitative estimate of drug-likeness (QED) is 0.784. The van der Waals surface area contributed by atoms with E-state index in [0.717, 1.165) is 11.1 Å². The van der Waals surface area contributed by atoms with Gasteiger partial charge in [0, 0.05) is 33.2 Å². The molecule has 130 valence electrons. The molecule has 1 aromatic rings. The number of carbonyl (C=O) groups excluding carboxylic acids is 1. The average molecular weight is 341 g/mol. The van der Waals surface area contributed by atoms with E-state index in [9.17, 15) is 13.2 Å². The smallest absolute Gasteiger partial charge is 0.317 e. The first-order chi connectivity index (χ1) is 10.8. The van der Waals surface area contributed by atoms with Crippen molar-refractivity contribution in [1.82, 2.24) is 14.5 Å². The first-order valence-electron chi connectivity index (χ1n) is 7.83. The summed E-state index contributed by atoms with van der Waals surface area (Å²) in [4.78, 5) is 13.6. The largest absolute Gasteiger partial charge is 0.337 e. The van der Waals surface area contributed by atoms with E-state index in [0.29, 0.717) is 19.6 Å². The second-order valence-corrected chi connectivity index (χ2v) is 7.50. The van der Waals surface area contributed by atoms with Crippen molar-refractivity contribution in [3.8, 4) is 0 Å². The summed E-state index contributed by atoms with van der Waals surface area (Å²) in [6, 6.07) is 7.59. The lowest BCUT2D eigenvalue weighted by Gasteiger charge is -2.21. The predicted molar refractivity (Wildman–Crippen MR) is 92.8 cm³/mol. The Morgan fingerprint density at radius 2 is 1.78 bits per heavy atom. The van der Waals surface area contributed by atoms with Crippen molar-refractivity contribution in [2.75, 3.05) is 32.4 Å².